The van der Waals surface area contributed by atoms with Crippen molar-refractivity contribution in [2.24, 2.45) is 0 Å². The number of carbonyl (C=O) groups is 2. The second kappa shape index (κ2) is 15.6. The number of carboxylic acid groups (broad SMARTS) is 1. The van der Waals surface area contributed by atoms with Crippen molar-refractivity contribution in [1.29, 1.82) is 0 Å². The van der Waals surface area contributed by atoms with Gasteiger partial charge in [0.15, 0.2) is 6.10 Å². The zero-order chi connectivity index (χ0) is 21.4. The van der Waals surface area contributed by atoms with E-state index < -0.39 is 18.2 Å². The van der Waals surface area contributed by atoms with Gasteiger partial charge in [-0.25, -0.2) is 4.79 Å². The van der Waals surface area contributed by atoms with Crippen LogP contribution in [0.1, 0.15) is 90.9 Å². The Morgan fingerprint density at radius 3 is 1.86 bits per heavy atom. The molecular weight excluding hydrogens is 356 g/mol. The Morgan fingerprint density at radius 1 is 0.893 bits per heavy atom. The second-order valence-corrected chi connectivity index (χ2v) is 8.99. The highest BCUT2D eigenvalue weighted by atomic mass is 16.6. The number of alkyl carbamates (subject to hydrolysis) is 1. The third kappa shape index (κ3) is 16.8. The fourth-order valence-corrected chi connectivity index (χ4v) is 3.40. The fourth-order valence-electron chi connectivity index (χ4n) is 3.40. The normalized spacial score (nSPS) is 13.8. The Morgan fingerprint density at radius 2 is 1.39 bits per heavy atom. The molecule has 0 saturated heterocycles. The van der Waals surface area contributed by atoms with E-state index >= 15 is 0 Å². The van der Waals surface area contributed by atoms with Crippen molar-refractivity contribution in [2.45, 2.75) is 103 Å². The first-order chi connectivity index (χ1) is 13.2. The number of quaternary nitrogens is 1. The smallest absolute Gasteiger partial charge is 0.407 e. The summed E-state index contributed by atoms with van der Waals surface area (Å²) in [5.41, 5.74) is 0. The largest absolute Gasteiger partial charge is 0.481 e. The third-order valence-corrected chi connectivity index (χ3v) is 4.81. The molecule has 1 amide bonds. The summed E-state index contributed by atoms with van der Waals surface area (Å²) >= 11 is 0. The number of likely N-dealkylation sites (N-methyl/N-ethyl adjacent to an activating group) is 1. The van der Waals surface area contributed by atoms with Crippen molar-refractivity contribution in [3.8, 4) is 0 Å². The van der Waals surface area contributed by atoms with E-state index in [4.69, 9.17) is 9.84 Å². The lowest BCUT2D eigenvalue weighted by Gasteiger charge is -2.29. The van der Waals surface area contributed by atoms with Crippen LogP contribution in [0.5, 0.6) is 0 Å². The van der Waals surface area contributed by atoms with Crippen LogP contribution < -0.4 is 5.32 Å². The van der Waals surface area contributed by atoms with Crippen LogP contribution in [0.4, 0.5) is 4.79 Å². The Kier molecular flexibility index (Phi) is 14.9. The minimum atomic E-state index is -0.946. The summed E-state index contributed by atoms with van der Waals surface area (Å²) in [6.07, 6.45) is 11.4. The standard InChI is InChI=1S/C22H44N2O4/c1-6-8-10-12-14-16-19(15-13-11-9-7-2)23-22(27)28-20(17-21(25)26)18-24(3,4)5/h19-20H,6-18H2,1-5H3,(H-,23,25,26,27)/p+1/t19?,20-/m0/s1. The lowest BCUT2D eigenvalue weighted by atomic mass is 10.0. The molecule has 0 heterocycles. The Hall–Kier alpha value is -1.30. The molecule has 0 fully saturated rings. The number of hydrogen-bond acceptors (Lipinski definition) is 3. The van der Waals surface area contributed by atoms with Crippen LogP contribution in [-0.4, -0.2) is 61.5 Å². The molecular formula is C22H45N2O4+. The van der Waals surface area contributed by atoms with Gasteiger partial charge in [0.25, 0.3) is 0 Å². The monoisotopic (exact) mass is 401 g/mol. The van der Waals surface area contributed by atoms with Gasteiger partial charge >= 0.3 is 12.1 Å². The van der Waals surface area contributed by atoms with Crippen LogP contribution in [0.25, 0.3) is 0 Å². The van der Waals surface area contributed by atoms with Gasteiger partial charge in [-0.1, -0.05) is 71.6 Å². The molecule has 2 N–H and O–H groups in total. The van der Waals surface area contributed by atoms with E-state index in [2.05, 4.69) is 19.2 Å². The maximum atomic E-state index is 12.4. The summed E-state index contributed by atoms with van der Waals surface area (Å²) in [5.74, 6) is -0.946. The van der Waals surface area contributed by atoms with Gasteiger partial charge in [-0.2, -0.15) is 0 Å². The van der Waals surface area contributed by atoms with Gasteiger partial charge in [-0.05, 0) is 12.8 Å². The number of carboxylic acids is 1. The molecule has 0 saturated carbocycles. The van der Waals surface area contributed by atoms with E-state index in [1.54, 1.807) is 0 Å². The maximum Gasteiger partial charge on any atom is 0.407 e. The molecule has 0 aliphatic rings. The van der Waals surface area contributed by atoms with Crippen molar-refractivity contribution in [2.75, 3.05) is 27.7 Å². The van der Waals surface area contributed by atoms with Gasteiger partial charge in [0.05, 0.1) is 27.6 Å². The predicted octanol–water partition coefficient (Wildman–Crippen LogP) is 4.96. The maximum absolute atomic E-state index is 12.4. The highest BCUT2D eigenvalue weighted by Crippen LogP contribution is 2.14. The summed E-state index contributed by atoms with van der Waals surface area (Å²) < 4.78 is 6.04. The zero-order valence-corrected chi connectivity index (χ0v) is 19.0. The number of aliphatic carboxylic acids is 1. The zero-order valence-electron chi connectivity index (χ0n) is 19.0. The predicted molar refractivity (Wildman–Crippen MR) is 114 cm³/mol. The average molecular weight is 402 g/mol. The van der Waals surface area contributed by atoms with Crippen molar-refractivity contribution < 1.29 is 23.9 Å². The molecule has 0 aliphatic carbocycles. The Labute approximate surface area is 172 Å². The van der Waals surface area contributed by atoms with E-state index in [-0.39, 0.29) is 12.5 Å². The first-order valence-electron chi connectivity index (χ1n) is 11.2. The summed E-state index contributed by atoms with van der Waals surface area (Å²) in [6.45, 7) is 4.87. The number of hydrogen-bond donors (Lipinski definition) is 2. The number of amides is 1. The van der Waals surface area contributed by atoms with Gasteiger partial charge in [0.1, 0.15) is 6.54 Å². The number of unbranched alkanes of at least 4 members (excludes halogenated alkanes) is 7. The number of rotatable bonds is 17. The molecule has 0 spiro atoms. The lowest BCUT2D eigenvalue weighted by Crippen LogP contribution is -2.46. The van der Waals surface area contributed by atoms with Crippen LogP contribution in [0, 0.1) is 0 Å². The van der Waals surface area contributed by atoms with Gasteiger partial charge in [-0.15, -0.1) is 0 Å². The fraction of sp³-hybridized carbons (Fsp3) is 0.909. The molecule has 0 radical (unpaired) electrons. The van der Waals surface area contributed by atoms with Crippen LogP contribution in [0.2, 0.25) is 0 Å². The molecule has 166 valence electrons. The average Bonchev–Trinajstić information content (AvgIpc) is 2.55. The molecule has 2 atom stereocenters. The van der Waals surface area contributed by atoms with Crippen LogP contribution >= 0.6 is 0 Å². The molecule has 0 aromatic heterocycles. The van der Waals surface area contributed by atoms with Crippen molar-refractivity contribution in [3.05, 3.63) is 0 Å². The SMILES string of the molecule is CCCCCCCC(CCCCCC)NC(=O)O[C@@H](CC(=O)O)C[N+](C)(C)C. The first kappa shape index (κ1) is 26.7. The highest BCUT2D eigenvalue weighted by molar-refractivity contribution is 5.70. The molecule has 0 rings (SSSR count). The molecule has 28 heavy (non-hydrogen) atoms. The number of nitrogens with one attached hydrogen (secondary N) is 1. The van der Waals surface area contributed by atoms with Gasteiger partial charge in [-0.3, -0.25) is 4.79 Å². The van der Waals surface area contributed by atoms with Gasteiger partial charge in [0, 0.05) is 6.04 Å². The molecule has 1 unspecified atom stereocenters. The second-order valence-electron chi connectivity index (χ2n) is 8.99. The minimum Gasteiger partial charge on any atom is -0.481 e. The number of ether oxygens (including phenoxy) is 1. The van der Waals surface area contributed by atoms with Crippen molar-refractivity contribution >= 4 is 12.1 Å². The summed E-state index contributed by atoms with van der Waals surface area (Å²) in [6, 6.07) is 0.112. The summed E-state index contributed by atoms with van der Waals surface area (Å²) in [7, 11) is 5.88. The van der Waals surface area contributed by atoms with Gasteiger partial charge < -0.3 is 19.6 Å². The molecule has 0 bridgehead atoms. The summed E-state index contributed by atoms with van der Waals surface area (Å²) in [5, 5.41) is 12.1. The molecule has 0 aromatic rings. The molecule has 6 nitrogen and oxygen atoms in total. The quantitative estimate of drug-likeness (QED) is 0.267. The third-order valence-electron chi connectivity index (χ3n) is 4.81. The van der Waals surface area contributed by atoms with Crippen molar-refractivity contribution in [3.63, 3.8) is 0 Å². The Balaban J connectivity index is 4.61. The number of nitrogens with zero attached hydrogens (tertiary/aromatic N) is 1. The highest BCUT2D eigenvalue weighted by Gasteiger charge is 2.25. The molecule has 0 aliphatic heterocycles. The Bertz CT molecular complexity index is 421. The summed E-state index contributed by atoms with van der Waals surface area (Å²) in [4.78, 5) is 23.5. The number of carbonyl (C=O) groups excluding carboxylic acids is 1. The first-order valence-corrected chi connectivity index (χ1v) is 11.2. The van der Waals surface area contributed by atoms with Crippen LogP contribution in [0.3, 0.4) is 0 Å². The van der Waals surface area contributed by atoms with E-state index in [0.717, 1.165) is 25.7 Å². The van der Waals surface area contributed by atoms with Crippen molar-refractivity contribution in [1.82, 2.24) is 5.32 Å². The molecule has 0 aromatic carbocycles. The van der Waals surface area contributed by atoms with E-state index in [1.807, 2.05) is 21.1 Å². The van der Waals surface area contributed by atoms with E-state index in [0.29, 0.717) is 11.0 Å². The van der Waals surface area contributed by atoms with E-state index in [1.165, 1.54) is 44.9 Å². The van der Waals surface area contributed by atoms with Gasteiger partial charge in [0.2, 0.25) is 0 Å². The van der Waals surface area contributed by atoms with Crippen LogP contribution in [0.15, 0.2) is 0 Å². The lowest BCUT2D eigenvalue weighted by molar-refractivity contribution is -0.873. The van der Waals surface area contributed by atoms with Crippen LogP contribution in [-0.2, 0) is 9.53 Å². The topological polar surface area (TPSA) is 75.6 Å². The van der Waals surface area contributed by atoms with E-state index in [9.17, 15) is 9.59 Å². The minimum absolute atomic E-state index is 0.112. The molecule has 6 heteroatoms.